The number of halogens is 3. The van der Waals surface area contributed by atoms with Crippen molar-refractivity contribution in [2.24, 2.45) is 0 Å². The molecule has 0 spiro atoms. The average Bonchev–Trinajstić information content (AvgIpc) is 3.37. The predicted molar refractivity (Wildman–Crippen MR) is 119 cm³/mol. The second kappa shape index (κ2) is 10.1. The predicted octanol–water partition coefficient (Wildman–Crippen LogP) is 5.72. The number of hydrogen-bond acceptors (Lipinski definition) is 3. The van der Waals surface area contributed by atoms with Crippen LogP contribution in [-0.2, 0) is 11.3 Å². The van der Waals surface area contributed by atoms with Crippen LogP contribution in [0.1, 0.15) is 27.7 Å². The quantitative estimate of drug-likeness (QED) is 0.381. The summed E-state index contributed by atoms with van der Waals surface area (Å²) in [7, 11) is 0. The molecule has 2 amide bonds. The van der Waals surface area contributed by atoms with E-state index in [0.717, 1.165) is 17.0 Å². The molecule has 3 aromatic carbocycles. The molecular formula is C26H19F3N2O3. The number of nitrogens with one attached hydrogen (secondary N) is 1. The number of anilines is 1. The zero-order valence-corrected chi connectivity index (χ0v) is 17.8. The Morgan fingerprint density at radius 3 is 2.09 bits per heavy atom. The molecule has 0 unspecified atom stereocenters. The zero-order valence-electron chi connectivity index (χ0n) is 17.8. The number of nitrogens with zero attached hydrogens (tertiary/aromatic N) is 1. The Bertz CT molecular complexity index is 1270. The molecule has 0 saturated carbocycles. The normalized spacial score (nSPS) is 11.6. The Hall–Kier alpha value is -4.33. The van der Waals surface area contributed by atoms with E-state index in [1.807, 2.05) is 0 Å². The van der Waals surface area contributed by atoms with Gasteiger partial charge in [0.2, 0.25) is 0 Å². The van der Waals surface area contributed by atoms with E-state index < -0.39 is 35.3 Å². The molecule has 4 aromatic rings. The molecule has 5 nitrogen and oxygen atoms in total. The Labute approximate surface area is 193 Å². The number of hydrogen-bond donors (Lipinski definition) is 1. The summed E-state index contributed by atoms with van der Waals surface area (Å²) in [5.41, 5.74) is 0.723. The van der Waals surface area contributed by atoms with E-state index in [-0.39, 0.29) is 23.6 Å². The summed E-state index contributed by atoms with van der Waals surface area (Å²) in [6.07, 6.45) is 1.31. The monoisotopic (exact) mass is 464 g/mol. The van der Waals surface area contributed by atoms with Crippen LogP contribution in [0.3, 0.4) is 0 Å². The highest BCUT2D eigenvalue weighted by atomic mass is 19.1. The van der Waals surface area contributed by atoms with Crippen molar-refractivity contribution < 1.29 is 27.2 Å². The van der Waals surface area contributed by atoms with E-state index in [9.17, 15) is 22.8 Å². The molecular weight excluding hydrogens is 445 g/mol. The van der Waals surface area contributed by atoms with Gasteiger partial charge in [0.15, 0.2) is 5.76 Å². The first-order valence-corrected chi connectivity index (χ1v) is 10.3. The lowest BCUT2D eigenvalue weighted by atomic mass is 10.0. The summed E-state index contributed by atoms with van der Waals surface area (Å²) in [5, 5.41) is 2.61. The lowest BCUT2D eigenvalue weighted by Gasteiger charge is -2.31. The van der Waals surface area contributed by atoms with Crippen LogP contribution < -0.4 is 5.32 Å². The first-order valence-electron chi connectivity index (χ1n) is 10.3. The van der Waals surface area contributed by atoms with E-state index in [0.29, 0.717) is 5.56 Å². The van der Waals surface area contributed by atoms with Gasteiger partial charge in [-0.3, -0.25) is 9.59 Å². The van der Waals surface area contributed by atoms with Crippen molar-refractivity contribution >= 4 is 17.5 Å². The molecule has 0 radical (unpaired) electrons. The molecule has 0 bridgehead atoms. The number of benzene rings is 3. The van der Waals surface area contributed by atoms with E-state index in [1.54, 1.807) is 6.07 Å². The topological polar surface area (TPSA) is 62.6 Å². The van der Waals surface area contributed by atoms with Gasteiger partial charge in [-0.25, -0.2) is 13.2 Å². The van der Waals surface area contributed by atoms with Gasteiger partial charge in [0.05, 0.1) is 6.26 Å². The first-order chi connectivity index (χ1) is 16.4. The van der Waals surface area contributed by atoms with Crippen molar-refractivity contribution in [1.29, 1.82) is 0 Å². The summed E-state index contributed by atoms with van der Waals surface area (Å²) >= 11 is 0. The SMILES string of the molecule is O=C(Nc1ccc(F)cc1)[C@@H](c1ccccc1F)N(Cc1ccc(F)cc1)C(=O)c1ccco1. The van der Waals surface area contributed by atoms with Gasteiger partial charge in [-0.1, -0.05) is 30.3 Å². The third kappa shape index (κ3) is 5.17. The Morgan fingerprint density at radius 1 is 0.824 bits per heavy atom. The number of rotatable bonds is 7. The molecule has 1 atom stereocenters. The maximum absolute atomic E-state index is 14.9. The zero-order chi connectivity index (χ0) is 24.1. The van der Waals surface area contributed by atoms with Gasteiger partial charge in [0.25, 0.3) is 11.8 Å². The summed E-state index contributed by atoms with van der Waals surface area (Å²) < 4.78 is 46.9. The number of amides is 2. The highest BCUT2D eigenvalue weighted by molar-refractivity contribution is 6.00. The fraction of sp³-hybridized carbons (Fsp3) is 0.0769. The smallest absolute Gasteiger partial charge is 0.290 e. The molecule has 8 heteroatoms. The van der Waals surface area contributed by atoms with Crippen LogP contribution in [0.4, 0.5) is 18.9 Å². The van der Waals surface area contributed by atoms with Crippen LogP contribution in [0.15, 0.2) is 95.6 Å². The van der Waals surface area contributed by atoms with Gasteiger partial charge < -0.3 is 14.6 Å². The molecule has 1 N–H and O–H groups in total. The largest absolute Gasteiger partial charge is 0.459 e. The van der Waals surface area contributed by atoms with Gasteiger partial charge >= 0.3 is 0 Å². The van der Waals surface area contributed by atoms with Crippen molar-refractivity contribution in [3.63, 3.8) is 0 Å². The third-order valence-electron chi connectivity index (χ3n) is 5.13. The van der Waals surface area contributed by atoms with E-state index >= 15 is 0 Å². The van der Waals surface area contributed by atoms with Gasteiger partial charge in [-0.15, -0.1) is 0 Å². The molecule has 0 fully saturated rings. The molecule has 0 aliphatic rings. The third-order valence-corrected chi connectivity index (χ3v) is 5.13. The van der Waals surface area contributed by atoms with Crippen molar-refractivity contribution in [3.05, 3.63) is 126 Å². The molecule has 0 aliphatic carbocycles. The minimum atomic E-state index is -1.42. The van der Waals surface area contributed by atoms with Crippen LogP contribution in [0.25, 0.3) is 0 Å². The number of carbonyl (C=O) groups is 2. The summed E-state index contributed by atoms with van der Waals surface area (Å²) in [6.45, 7) is -0.143. The highest BCUT2D eigenvalue weighted by Crippen LogP contribution is 2.29. The Balaban J connectivity index is 1.78. The van der Waals surface area contributed by atoms with Crippen LogP contribution >= 0.6 is 0 Å². The molecule has 172 valence electrons. The van der Waals surface area contributed by atoms with Crippen LogP contribution in [0, 0.1) is 17.5 Å². The summed E-state index contributed by atoms with van der Waals surface area (Å²) in [5.74, 6) is -3.10. The van der Waals surface area contributed by atoms with Gasteiger partial charge in [-0.05, 0) is 60.2 Å². The van der Waals surface area contributed by atoms with E-state index in [4.69, 9.17) is 4.42 Å². The van der Waals surface area contributed by atoms with Gasteiger partial charge in [0, 0.05) is 17.8 Å². The number of furan rings is 1. The van der Waals surface area contributed by atoms with Gasteiger partial charge in [-0.2, -0.15) is 0 Å². The van der Waals surface area contributed by atoms with E-state index in [1.165, 1.54) is 73.0 Å². The molecule has 0 saturated heterocycles. The maximum atomic E-state index is 14.9. The minimum absolute atomic E-state index is 0.0517. The Morgan fingerprint density at radius 2 is 1.47 bits per heavy atom. The van der Waals surface area contributed by atoms with Gasteiger partial charge in [0.1, 0.15) is 23.5 Å². The van der Waals surface area contributed by atoms with Crippen molar-refractivity contribution in [3.8, 4) is 0 Å². The molecule has 1 heterocycles. The minimum Gasteiger partial charge on any atom is -0.459 e. The lowest BCUT2D eigenvalue weighted by molar-refractivity contribution is -0.121. The highest BCUT2D eigenvalue weighted by Gasteiger charge is 2.35. The number of carbonyl (C=O) groups excluding carboxylic acids is 2. The molecule has 4 rings (SSSR count). The summed E-state index contributed by atoms with van der Waals surface area (Å²) in [6, 6.07) is 17.5. The van der Waals surface area contributed by atoms with Crippen LogP contribution in [0.2, 0.25) is 0 Å². The lowest BCUT2D eigenvalue weighted by Crippen LogP contribution is -2.41. The average molecular weight is 464 g/mol. The van der Waals surface area contributed by atoms with Crippen LogP contribution in [-0.4, -0.2) is 16.7 Å². The molecule has 34 heavy (non-hydrogen) atoms. The Kier molecular flexibility index (Phi) is 6.77. The summed E-state index contributed by atoms with van der Waals surface area (Å²) in [4.78, 5) is 28.0. The van der Waals surface area contributed by atoms with Crippen molar-refractivity contribution in [2.45, 2.75) is 12.6 Å². The second-order valence-electron chi connectivity index (χ2n) is 7.46. The molecule has 1 aromatic heterocycles. The molecule has 0 aliphatic heterocycles. The first kappa shape index (κ1) is 22.8. The second-order valence-corrected chi connectivity index (χ2v) is 7.46. The van der Waals surface area contributed by atoms with Crippen molar-refractivity contribution in [1.82, 2.24) is 4.90 Å². The fourth-order valence-corrected chi connectivity index (χ4v) is 3.50. The standard InChI is InChI=1S/C26H19F3N2O3/c27-18-9-7-17(8-10-18)16-31(26(33)23-6-3-15-34-23)24(21-4-1-2-5-22(21)29)25(32)30-20-13-11-19(28)12-14-20/h1-15,24H,16H2,(H,30,32)/t24-/m1/s1. The van der Waals surface area contributed by atoms with E-state index in [2.05, 4.69) is 5.32 Å². The fourth-order valence-electron chi connectivity index (χ4n) is 3.50. The van der Waals surface area contributed by atoms with Crippen LogP contribution in [0.5, 0.6) is 0 Å². The maximum Gasteiger partial charge on any atom is 0.290 e. The van der Waals surface area contributed by atoms with Crippen molar-refractivity contribution in [2.75, 3.05) is 5.32 Å².